The summed E-state index contributed by atoms with van der Waals surface area (Å²) in [6.45, 7) is 3.68. The van der Waals surface area contributed by atoms with Gasteiger partial charge in [-0.05, 0) is 61.9 Å². The molecule has 0 radical (unpaired) electrons. The number of fused-ring (bicyclic) bond motifs is 1. The van der Waals surface area contributed by atoms with E-state index in [9.17, 15) is 9.18 Å². The van der Waals surface area contributed by atoms with Crippen molar-refractivity contribution in [1.29, 1.82) is 0 Å². The molecule has 0 spiro atoms. The molecule has 2 heterocycles. The van der Waals surface area contributed by atoms with Crippen molar-refractivity contribution in [3.05, 3.63) is 77.2 Å². The Hall–Kier alpha value is -3.74. The van der Waals surface area contributed by atoms with Crippen molar-refractivity contribution < 1.29 is 18.4 Å². The van der Waals surface area contributed by atoms with Crippen LogP contribution in [0.4, 0.5) is 4.39 Å². The minimum Gasteiger partial charge on any atom is -0.497 e. The number of amides is 1. The zero-order chi connectivity index (χ0) is 21.3. The Bertz CT molecular complexity index is 1200. The minimum absolute atomic E-state index is 0.235. The number of halogens is 1. The molecule has 1 N–H and O–H groups in total. The molecule has 4 rings (SSSR count). The summed E-state index contributed by atoms with van der Waals surface area (Å²) in [6, 6.07) is 14.8. The largest absolute Gasteiger partial charge is 0.497 e. The summed E-state index contributed by atoms with van der Waals surface area (Å²) in [7, 11) is 1.61. The fraction of sp³-hybridized carbons (Fsp3) is 0.174. The SMILES string of the molecule is COc1ccc([C@H](C)NC(=O)c2cc(C)nc3onc(-c4ccc(F)cc4)c23)cc1. The normalized spacial score (nSPS) is 12.0. The molecule has 2 aromatic heterocycles. The van der Waals surface area contributed by atoms with Gasteiger partial charge in [0.2, 0.25) is 0 Å². The number of rotatable bonds is 5. The fourth-order valence-electron chi connectivity index (χ4n) is 3.31. The summed E-state index contributed by atoms with van der Waals surface area (Å²) in [4.78, 5) is 17.5. The Labute approximate surface area is 172 Å². The highest BCUT2D eigenvalue weighted by molar-refractivity contribution is 6.09. The summed E-state index contributed by atoms with van der Waals surface area (Å²) < 4.78 is 23.9. The maximum Gasteiger partial charge on any atom is 0.259 e. The number of carbonyl (C=O) groups excluding carboxylic acids is 1. The highest BCUT2D eigenvalue weighted by Crippen LogP contribution is 2.31. The number of hydrogen-bond acceptors (Lipinski definition) is 5. The van der Waals surface area contributed by atoms with E-state index in [1.54, 1.807) is 32.2 Å². The lowest BCUT2D eigenvalue weighted by Crippen LogP contribution is -2.27. The van der Waals surface area contributed by atoms with Crippen LogP contribution in [0.5, 0.6) is 5.75 Å². The lowest BCUT2D eigenvalue weighted by atomic mass is 10.0. The third kappa shape index (κ3) is 3.74. The molecule has 0 bridgehead atoms. The molecule has 0 aliphatic carbocycles. The van der Waals surface area contributed by atoms with E-state index >= 15 is 0 Å². The number of pyridine rings is 1. The zero-order valence-corrected chi connectivity index (χ0v) is 16.8. The van der Waals surface area contributed by atoms with Crippen LogP contribution in [0.2, 0.25) is 0 Å². The van der Waals surface area contributed by atoms with E-state index in [0.717, 1.165) is 11.3 Å². The number of aryl methyl sites for hydroxylation is 1. The number of hydrogen-bond donors (Lipinski definition) is 1. The number of benzene rings is 2. The summed E-state index contributed by atoms with van der Waals surface area (Å²) in [5, 5.41) is 7.58. The second-order valence-electron chi connectivity index (χ2n) is 7.00. The van der Waals surface area contributed by atoms with E-state index in [1.807, 2.05) is 31.2 Å². The van der Waals surface area contributed by atoms with Crippen LogP contribution in [0, 0.1) is 12.7 Å². The van der Waals surface area contributed by atoms with Gasteiger partial charge >= 0.3 is 0 Å². The molecule has 0 fully saturated rings. The van der Waals surface area contributed by atoms with Crippen LogP contribution in [-0.4, -0.2) is 23.2 Å². The van der Waals surface area contributed by atoms with Gasteiger partial charge in [0.15, 0.2) is 0 Å². The van der Waals surface area contributed by atoms with Crippen molar-refractivity contribution >= 4 is 17.0 Å². The molecule has 0 aliphatic heterocycles. The molecule has 7 heteroatoms. The summed E-state index contributed by atoms with van der Waals surface area (Å²) in [5.74, 6) is 0.115. The number of nitrogens with one attached hydrogen (secondary N) is 1. The lowest BCUT2D eigenvalue weighted by molar-refractivity contribution is 0.0941. The molecule has 1 atom stereocenters. The maximum absolute atomic E-state index is 13.3. The van der Waals surface area contributed by atoms with Gasteiger partial charge in [0.1, 0.15) is 17.3 Å². The van der Waals surface area contributed by atoms with Gasteiger partial charge < -0.3 is 14.6 Å². The number of ether oxygens (including phenoxy) is 1. The minimum atomic E-state index is -0.355. The summed E-state index contributed by atoms with van der Waals surface area (Å²) in [6.07, 6.45) is 0. The van der Waals surface area contributed by atoms with Crippen molar-refractivity contribution in [3.63, 3.8) is 0 Å². The van der Waals surface area contributed by atoms with Crippen LogP contribution in [0.25, 0.3) is 22.4 Å². The highest BCUT2D eigenvalue weighted by atomic mass is 19.1. The van der Waals surface area contributed by atoms with Crippen LogP contribution in [-0.2, 0) is 0 Å². The molecule has 4 aromatic rings. The average Bonchev–Trinajstić information content (AvgIpc) is 3.17. The first-order valence-electron chi connectivity index (χ1n) is 9.44. The van der Waals surface area contributed by atoms with Gasteiger partial charge in [0, 0.05) is 11.3 Å². The maximum atomic E-state index is 13.3. The second-order valence-corrected chi connectivity index (χ2v) is 7.00. The van der Waals surface area contributed by atoms with E-state index in [4.69, 9.17) is 9.26 Å². The molecule has 0 unspecified atom stereocenters. The number of methoxy groups -OCH3 is 1. The van der Waals surface area contributed by atoms with E-state index < -0.39 is 0 Å². The predicted molar refractivity (Wildman–Crippen MR) is 111 cm³/mol. The van der Waals surface area contributed by atoms with Gasteiger partial charge in [-0.1, -0.05) is 17.3 Å². The van der Waals surface area contributed by atoms with Gasteiger partial charge in [-0.2, -0.15) is 0 Å². The topological polar surface area (TPSA) is 77.2 Å². The molecule has 6 nitrogen and oxygen atoms in total. The first-order valence-corrected chi connectivity index (χ1v) is 9.44. The van der Waals surface area contributed by atoms with Crippen LogP contribution in [0.15, 0.2) is 59.1 Å². The Morgan fingerprint density at radius 3 is 2.50 bits per heavy atom. The number of aromatic nitrogens is 2. The standard InChI is InChI=1S/C23H20FN3O3/c1-13-12-19(22(28)26-14(2)15-6-10-18(29-3)11-7-15)20-21(27-30-23(20)25-13)16-4-8-17(24)9-5-16/h4-12,14H,1-3H3,(H,26,28)/t14-/m0/s1. The number of carbonyl (C=O) groups is 1. The molecule has 2 aromatic carbocycles. The van der Waals surface area contributed by atoms with Gasteiger partial charge in [-0.15, -0.1) is 0 Å². The smallest absolute Gasteiger partial charge is 0.259 e. The first kappa shape index (κ1) is 19.6. The van der Waals surface area contributed by atoms with Crippen LogP contribution in [0.1, 0.15) is 34.6 Å². The Kier molecular flexibility index (Phi) is 5.18. The zero-order valence-electron chi connectivity index (χ0n) is 16.8. The second kappa shape index (κ2) is 7.94. The van der Waals surface area contributed by atoms with Gasteiger partial charge in [0.05, 0.1) is 24.1 Å². The lowest BCUT2D eigenvalue weighted by Gasteiger charge is -2.15. The van der Waals surface area contributed by atoms with Crippen LogP contribution < -0.4 is 10.1 Å². The van der Waals surface area contributed by atoms with E-state index in [1.165, 1.54) is 12.1 Å². The van der Waals surface area contributed by atoms with Crippen LogP contribution >= 0.6 is 0 Å². The number of nitrogens with zero attached hydrogens (tertiary/aromatic N) is 2. The van der Waals surface area contributed by atoms with Crippen molar-refractivity contribution in [1.82, 2.24) is 15.5 Å². The van der Waals surface area contributed by atoms with Crippen molar-refractivity contribution in [3.8, 4) is 17.0 Å². The molecule has 30 heavy (non-hydrogen) atoms. The highest BCUT2D eigenvalue weighted by Gasteiger charge is 2.22. The van der Waals surface area contributed by atoms with E-state index in [0.29, 0.717) is 27.9 Å². The average molecular weight is 405 g/mol. The monoisotopic (exact) mass is 405 g/mol. The van der Waals surface area contributed by atoms with Gasteiger partial charge in [0.25, 0.3) is 11.6 Å². The molecule has 0 saturated carbocycles. The van der Waals surface area contributed by atoms with Crippen molar-refractivity contribution in [2.75, 3.05) is 7.11 Å². The van der Waals surface area contributed by atoms with Gasteiger partial charge in [-0.25, -0.2) is 9.37 Å². The fourth-order valence-corrected chi connectivity index (χ4v) is 3.31. The predicted octanol–water partition coefficient (Wildman–Crippen LogP) is 4.84. The molecular weight excluding hydrogens is 385 g/mol. The Balaban J connectivity index is 1.70. The summed E-state index contributed by atoms with van der Waals surface area (Å²) in [5.41, 5.74) is 3.31. The third-order valence-corrected chi connectivity index (χ3v) is 4.90. The van der Waals surface area contributed by atoms with Crippen LogP contribution in [0.3, 0.4) is 0 Å². The summed E-state index contributed by atoms with van der Waals surface area (Å²) >= 11 is 0. The molecule has 0 saturated heterocycles. The van der Waals surface area contributed by atoms with Gasteiger partial charge in [-0.3, -0.25) is 4.79 Å². The molecule has 1 amide bonds. The molecular formula is C23H20FN3O3. The third-order valence-electron chi connectivity index (χ3n) is 4.90. The molecule has 0 aliphatic rings. The Morgan fingerprint density at radius 1 is 1.13 bits per heavy atom. The van der Waals surface area contributed by atoms with E-state index in [2.05, 4.69) is 15.5 Å². The first-order chi connectivity index (χ1) is 14.5. The Morgan fingerprint density at radius 2 is 1.83 bits per heavy atom. The van der Waals surface area contributed by atoms with Crippen molar-refractivity contribution in [2.45, 2.75) is 19.9 Å². The molecule has 152 valence electrons. The van der Waals surface area contributed by atoms with E-state index in [-0.39, 0.29) is 23.5 Å². The quantitative estimate of drug-likeness (QED) is 0.514. The van der Waals surface area contributed by atoms with Crippen molar-refractivity contribution in [2.24, 2.45) is 0 Å².